The van der Waals surface area contributed by atoms with Gasteiger partial charge in [-0.05, 0) is 61.9 Å². The van der Waals surface area contributed by atoms with Crippen LogP contribution in [0.5, 0.6) is 0 Å². The molecule has 0 aliphatic rings. The number of hydrogen-bond acceptors (Lipinski definition) is 2. The van der Waals surface area contributed by atoms with Crippen LogP contribution in [0.2, 0.25) is 0 Å². The van der Waals surface area contributed by atoms with Crippen molar-refractivity contribution >= 4 is 5.97 Å². The van der Waals surface area contributed by atoms with Crippen LogP contribution in [0.1, 0.15) is 47.2 Å². The largest absolute Gasteiger partial charge is 0.481 e. The second-order valence-electron chi connectivity index (χ2n) is 5.05. The number of carbonyl (C=O) groups is 1. The van der Waals surface area contributed by atoms with Crippen LogP contribution >= 0.6 is 0 Å². The summed E-state index contributed by atoms with van der Waals surface area (Å²) in [5.74, 6) is -1.34. The molecule has 100 valence electrons. The Morgan fingerprint density at radius 3 is 2.00 bits per heavy atom. The van der Waals surface area contributed by atoms with E-state index >= 15 is 0 Å². The summed E-state index contributed by atoms with van der Waals surface area (Å²) in [5.41, 5.74) is 11.8. The van der Waals surface area contributed by atoms with Gasteiger partial charge in [0.05, 0.1) is 5.92 Å². The molecule has 0 aliphatic carbocycles. The molecule has 0 heterocycles. The number of aliphatic carboxylic acids is 1. The van der Waals surface area contributed by atoms with Gasteiger partial charge in [0.15, 0.2) is 0 Å². The molecule has 0 radical (unpaired) electrons. The summed E-state index contributed by atoms with van der Waals surface area (Å²) in [5, 5.41) is 9.25. The van der Waals surface area contributed by atoms with E-state index < -0.39 is 17.9 Å². The monoisotopic (exact) mass is 249 g/mol. The molecule has 0 aromatic heterocycles. The Kier molecular flexibility index (Phi) is 4.52. The molecular formula is C15H23NO2. The Morgan fingerprint density at radius 2 is 1.67 bits per heavy atom. The van der Waals surface area contributed by atoms with E-state index in [-0.39, 0.29) is 0 Å². The highest BCUT2D eigenvalue weighted by molar-refractivity contribution is 5.71. The number of carboxylic acid groups (broad SMARTS) is 1. The molecule has 18 heavy (non-hydrogen) atoms. The first-order valence-electron chi connectivity index (χ1n) is 6.36. The lowest BCUT2D eigenvalue weighted by Gasteiger charge is -2.25. The molecular weight excluding hydrogens is 226 g/mol. The fourth-order valence-corrected chi connectivity index (χ4v) is 2.53. The molecule has 0 bridgehead atoms. The third-order valence-corrected chi connectivity index (χ3v) is 3.95. The fourth-order valence-electron chi connectivity index (χ4n) is 2.53. The van der Waals surface area contributed by atoms with Crippen molar-refractivity contribution in [2.24, 2.45) is 11.7 Å². The van der Waals surface area contributed by atoms with Gasteiger partial charge >= 0.3 is 5.97 Å². The van der Waals surface area contributed by atoms with Crippen LogP contribution in [0.15, 0.2) is 6.07 Å². The van der Waals surface area contributed by atoms with Gasteiger partial charge in [-0.2, -0.15) is 0 Å². The van der Waals surface area contributed by atoms with Crippen LogP contribution in [-0.4, -0.2) is 11.1 Å². The van der Waals surface area contributed by atoms with Gasteiger partial charge < -0.3 is 10.8 Å². The maximum Gasteiger partial charge on any atom is 0.308 e. The minimum atomic E-state index is -0.817. The Labute approximate surface area is 109 Å². The van der Waals surface area contributed by atoms with Gasteiger partial charge in [-0.3, -0.25) is 4.79 Å². The lowest BCUT2D eigenvalue weighted by atomic mass is 9.83. The average Bonchev–Trinajstić information content (AvgIpc) is 2.27. The molecule has 3 heteroatoms. The van der Waals surface area contributed by atoms with Gasteiger partial charge in [-0.15, -0.1) is 0 Å². The van der Waals surface area contributed by atoms with Gasteiger partial charge in [0.25, 0.3) is 0 Å². The van der Waals surface area contributed by atoms with E-state index in [0.29, 0.717) is 6.42 Å². The molecule has 0 saturated carbocycles. The summed E-state index contributed by atoms with van der Waals surface area (Å²) >= 11 is 0. The zero-order chi connectivity index (χ0) is 14.0. The Balaban J connectivity index is 3.36. The summed E-state index contributed by atoms with van der Waals surface area (Å²) in [6, 6.07) is 1.69. The normalized spacial score (nSPS) is 14.3. The van der Waals surface area contributed by atoms with Crippen molar-refractivity contribution in [2.45, 2.75) is 47.1 Å². The minimum Gasteiger partial charge on any atom is -0.481 e. The Hall–Kier alpha value is -1.35. The second kappa shape index (κ2) is 5.53. The number of aryl methyl sites for hydroxylation is 2. The first-order chi connectivity index (χ1) is 8.31. The molecule has 0 spiro atoms. The summed E-state index contributed by atoms with van der Waals surface area (Å²) in [7, 11) is 0. The van der Waals surface area contributed by atoms with E-state index in [9.17, 15) is 9.90 Å². The van der Waals surface area contributed by atoms with E-state index in [2.05, 4.69) is 6.07 Å². The van der Waals surface area contributed by atoms with Gasteiger partial charge in [-0.1, -0.05) is 13.0 Å². The van der Waals surface area contributed by atoms with Crippen LogP contribution in [0, 0.1) is 33.6 Å². The molecule has 2 atom stereocenters. The summed E-state index contributed by atoms with van der Waals surface area (Å²) in [6.45, 7) is 9.99. The van der Waals surface area contributed by atoms with Crippen molar-refractivity contribution in [2.75, 3.05) is 0 Å². The quantitative estimate of drug-likeness (QED) is 0.862. The van der Waals surface area contributed by atoms with E-state index in [0.717, 1.165) is 16.7 Å². The highest BCUT2D eigenvalue weighted by atomic mass is 16.4. The predicted octanol–water partition coefficient (Wildman–Crippen LogP) is 3.03. The molecule has 0 saturated heterocycles. The number of rotatable bonds is 4. The molecule has 0 amide bonds. The average molecular weight is 249 g/mol. The lowest BCUT2D eigenvalue weighted by Crippen LogP contribution is -2.29. The highest BCUT2D eigenvalue weighted by Crippen LogP contribution is 2.31. The van der Waals surface area contributed by atoms with E-state index in [4.69, 9.17) is 5.73 Å². The van der Waals surface area contributed by atoms with Crippen LogP contribution in [-0.2, 0) is 4.79 Å². The fraction of sp³-hybridized carbons (Fsp3) is 0.533. The van der Waals surface area contributed by atoms with Crippen molar-refractivity contribution < 1.29 is 9.90 Å². The lowest BCUT2D eigenvalue weighted by molar-refractivity contribution is -0.142. The number of nitrogens with two attached hydrogens (primary N) is 1. The van der Waals surface area contributed by atoms with Crippen LogP contribution in [0.25, 0.3) is 0 Å². The van der Waals surface area contributed by atoms with E-state index in [1.807, 2.05) is 34.6 Å². The van der Waals surface area contributed by atoms with Crippen molar-refractivity contribution in [3.05, 3.63) is 33.9 Å². The molecule has 1 aromatic rings. The molecule has 1 aromatic carbocycles. The summed E-state index contributed by atoms with van der Waals surface area (Å²) < 4.78 is 0. The molecule has 0 fully saturated rings. The van der Waals surface area contributed by atoms with Crippen molar-refractivity contribution in [3.63, 3.8) is 0 Å². The number of hydrogen-bond donors (Lipinski definition) is 2. The van der Waals surface area contributed by atoms with Gasteiger partial charge in [0.1, 0.15) is 0 Å². The topological polar surface area (TPSA) is 63.3 Å². The standard InChI is InChI=1S/C15H23NO2/c1-6-12(15(17)18)14(16)13-10(4)8(2)7-9(3)11(13)5/h7,12,14H,6,16H2,1-5H3,(H,17,18). The third kappa shape index (κ3) is 2.56. The molecule has 3 N–H and O–H groups in total. The number of benzene rings is 1. The molecule has 3 nitrogen and oxygen atoms in total. The van der Waals surface area contributed by atoms with Gasteiger partial charge in [0.2, 0.25) is 0 Å². The minimum absolute atomic E-state index is 0.439. The number of carboxylic acids is 1. The predicted molar refractivity (Wildman–Crippen MR) is 73.7 cm³/mol. The zero-order valence-electron chi connectivity index (χ0n) is 11.9. The first kappa shape index (κ1) is 14.7. The Morgan fingerprint density at radius 1 is 1.22 bits per heavy atom. The van der Waals surface area contributed by atoms with Crippen molar-refractivity contribution in [1.82, 2.24) is 0 Å². The first-order valence-corrected chi connectivity index (χ1v) is 6.36. The van der Waals surface area contributed by atoms with E-state index in [1.165, 1.54) is 11.1 Å². The highest BCUT2D eigenvalue weighted by Gasteiger charge is 2.27. The molecule has 0 aliphatic heterocycles. The van der Waals surface area contributed by atoms with Gasteiger partial charge in [0, 0.05) is 6.04 Å². The second-order valence-corrected chi connectivity index (χ2v) is 5.05. The smallest absolute Gasteiger partial charge is 0.308 e. The summed E-state index contributed by atoms with van der Waals surface area (Å²) in [6.07, 6.45) is 0.544. The van der Waals surface area contributed by atoms with Crippen LogP contribution in [0.4, 0.5) is 0 Å². The molecule has 1 rings (SSSR count). The van der Waals surface area contributed by atoms with Crippen LogP contribution in [0.3, 0.4) is 0 Å². The maximum atomic E-state index is 11.3. The SMILES string of the molecule is CCC(C(=O)O)C(N)c1c(C)c(C)cc(C)c1C. The Bertz CT molecular complexity index is 440. The van der Waals surface area contributed by atoms with Gasteiger partial charge in [-0.25, -0.2) is 0 Å². The zero-order valence-corrected chi connectivity index (χ0v) is 11.9. The van der Waals surface area contributed by atoms with Crippen molar-refractivity contribution in [3.8, 4) is 0 Å². The third-order valence-electron chi connectivity index (χ3n) is 3.95. The van der Waals surface area contributed by atoms with E-state index in [1.54, 1.807) is 0 Å². The van der Waals surface area contributed by atoms with Crippen LogP contribution < -0.4 is 5.73 Å². The summed E-state index contributed by atoms with van der Waals surface area (Å²) in [4.78, 5) is 11.3. The molecule has 2 unspecified atom stereocenters. The maximum absolute atomic E-state index is 11.3. The van der Waals surface area contributed by atoms with Crippen molar-refractivity contribution in [1.29, 1.82) is 0 Å².